The van der Waals surface area contributed by atoms with Crippen molar-refractivity contribution in [1.29, 1.82) is 0 Å². The Hall–Kier alpha value is -2.43. The maximum atomic E-state index is 12.4. The van der Waals surface area contributed by atoms with E-state index in [2.05, 4.69) is 5.10 Å². The van der Waals surface area contributed by atoms with Crippen LogP contribution in [0.1, 0.15) is 34.5 Å². The van der Waals surface area contributed by atoms with E-state index in [1.807, 2.05) is 6.07 Å². The molecule has 1 aliphatic rings. The van der Waals surface area contributed by atoms with Gasteiger partial charge in [0.1, 0.15) is 5.56 Å². The third-order valence-electron chi connectivity index (χ3n) is 3.58. The molecule has 0 saturated heterocycles. The van der Waals surface area contributed by atoms with Crippen molar-refractivity contribution in [3.05, 3.63) is 57.5 Å². The van der Waals surface area contributed by atoms with Gasteiger partial charge < -0.3 is 5.11 Å². The van der Waals surface area contributed by atoms with E-state index < -0.39 is 11.5 Å². The third-order valence-corrected chi connectivity index (χ3v) is 3.58. The molecule has 0 bridgehead atoms. The van der Waals surface area contributed by atoms with Gasteiger partial charge in [-0.15, -0.1) is 0 Å². The molecule has 1 aromatic heterocycles. The Balaban J connectivity index is 2.30. The van der Waals surface area contributed by atoms with Gasteiger partial charge in [-0.2, -0.15) is 9.78 Å². The van der Waals surface area contributed by atoms with Gasteiger partial charge in [0.2, 0.25) is 0 Å². The van der Waals surface area contributed by atoms with E-state index in [1.165, 1.54) is 4.68 Å². The zero-order valence-corrected chi connectivity index (χ0v) is 10.9. The number of benzene rings is 1. The lowest BCUT2D eigenvalue weighted by Crippen LogP contribution is -2.32. The van der Waals surface area contributed by atoms with Gasteiger partial charge in [0.05, 0.1) is 11.4 Å². The number of nitrogens with zero attached hydrogens (tertiary/aromatic N) is 2. The van der Waals surface area contributed by atoms with Gasteiger partial charge >= 0.3 is 5.97 Å². The number of carboxylic acids is 1. The zero-order chi connectivity index (χ0) is 14.1. The molecular formula is C15H14N2O3. The lowest BCUT2D eigenvalue weighted by molar-refractivity contribution is 0.0692. The maximum absolute atomic E-state index is 12.4. The van der Waals surface area contributed by atoms with Crippen LogP contribution in [0.15, 0.2) is 35.1 Å². The van der Waals surface area contributed by atoms with Gasteiger partial charge in [0.25, 0.3) is 5.56 Å². The quantitative estimate of drug-likeness (QED) is 0.903. The fourth-order valence-corrected chi connectivity index (χ4v) is 2.63. The first-order valence-electron chi connectivity index (χ1n) is 6.62. The normalized spacial score (nSPS) is 13.8. The smallest absolute Gasteiger partial charge is 0.341 e. The monoisotopic (exact) mass is 270 g/mol. The molecule has 2 aromatic rings. The lowest BCUT2D eigenvalue weighted by Gasteiger charge is -2.18. The molecule has 0 saturated carbocycles. The number of aromatic carboxylic acids is 1. The van der Waals surface area contributed by atoms with E-state index in [-0.39, 0.29) is 5.56 Å². The summed E-state index contributed by atoms with van der Waals surface area (Å²) < 4.78 is 1.20. The molecule has 0 spiro atoms. The number of rotatable bonds is 2. The molecule has 0 atom stereocenters. The topological polar surface area (TPSA) is 72.2 Å². The Morgan fingerprint density at radius 3 is 2.55 bits per heavy atom. The van der Waals surface area contributed by atoms with Crippen molar-refractivity contribution >= 4 is 5.97 Å². The molecule has 20 heavy (non-hydrogen) atoms. The van der Waals surface area contributed by atoms with Crippen LogP contribution in [0.25, 0.3) is 5.69 Å². The minimum Gasteiger partial charge on any atom is -0.477 e. The molecule has 5 heteroatoms. The molecule has 0 fully saturated rings. The number of carboxylic acid groups (broad SMARTS) is 1. The van der Waals surface area contributed by atoms with Gasteiger partial charge in [-0.25, -0.2) is 4.79 Å². The molecule has 0 unspecified atom stereocenters. The molecule has 1 N–H and O–H groups in total. The molecule has 1 heterocycles. The Kier molecular flexibility index (Phi) is 3.10. The predicted octanol–water partition coefficient (Wildman–Crippen LogP) is 1.81. The first kappa shape index (κ1) is 12.6. The van der Waals surface area contributed by atoms with Crippen LogP contribution in [-0.2, 0) is 12.8 Å². The highest BCUT2D eigenvalue weighted by molar-refractivity contribution is 5.89. The van der Waals surface area contributed by atoms with Crippen LogP contribution in [0.3, 0.4) is 0 Å². The Morgan fingerprint density at radius 2 is 1.85 bits per heavy atom. The van der Waals surface area contributed by atoms with Crippen molar-refractivity contribution in [2.75, 3.05) is 0 Å². The second-order valence-corrected chi connectivity index (χ2v) is 4.87. The molecular weight excluding hydrogens is 256 g/mol. The Bertz CT molecular complexity index is 720. The molecule has 3 rings (SSSR count). The minimum absolute atomic E-state index is 0.126. The standard InChI is InChI=1S/C15H14N2O3/c18-14-13(15(19)20)11-8-4-5-9-12(11)16-17(14)10-6-2-1-3-7-10/h1-3,6-7H,4-5,8-9H2,(H,19,20). The van der Waals surface area contributed by atoms with Crippen molar-refractivity contribution in [3.63, 3.8) is 0 Å². The summed E-state index contributed by atoms with van der Waals surface area (Å²) >= 11 is 0. The molecule has 0 amide bonds. The van der Waals surface area contributed by atoms with E-state index in [9.17, 15) is 14.7 Å². The molecule has 1 aliphatic carbocycles. The summed E-state index contributed by atoms with van der Waals surface area (Å²) in [5, 5.41) is 13.7. The summed E-state index contributed by atoms with van der Waals surface area (Å²) in [6.07, 6.45) is 3.23. The van der Waals surface area contributed by atoms with Gasteiger partial charge in [0, 0.05) is 0 Å². The Morgan fingerprint density at radius 1 is 1.15 bits per heavy atom. The molecule has 0 aliphatic heterocycles. The number of aromatic nitrogens is 2. The van der Waals surface area contributed by atoms with E-state index >= 15 is 0 Å². The molecule has 5 nitrogen and oxygen atoms in total. The average Bonchev–Trinajstić information content (AvgIpc) is 2.47. The lowest BCUT2D eigenvalue weighted by atomic mass is 9.93. The van der Waals surface area contributed by atoms with Gasteiger partial charge in [-0.05, 0) is 43.4 Å². The molecule has 0 radical (unpaired) electrons. The fraction of sp³-hybridized carbons (Fsp3) is 0.267. The van der Waals surface area contributed by atoms with Crippen molar-refractivity contribution in [3.8, 4) is 5.69 Å². The van der Waals surface area contributed by atoms with Crippen LogP contribution in [0.4, 0.5) is 0 Å². The summed E-state index contributed by atoms with van der Waals surface area (Å²) in [4.78, 5) is 23.8. The highest BCUT2D eigenvalue weighted by Crippen LogP contribution is 2.21. The maximum Gasteiger partial charge on any atom is 0.341 e. The first-order valence-corrected chi connectivity index (χ1v) is 6.62. The van der Waals surface area contributed by atoms with E-state index in [0.29, 0.717) is 17.7 Å². The highest BCUT2D eigenvalue weighted by Gasteiger charge is 2.24. The van der Waals surface area contributed by atoms with Gasteiger partial charge in [-0.3, -0.25) is 4.79 Å². The Labute approximate surface area is 115 Å². The van der Waals surface area contributed by atoms with Crippen molar-refractivity contribution < 1.29 is 9.90 Å². The van der Waals surface area contributed by atoms with Crippen LogP contribution in [0.2, 0.25) is 0 Å². The van der Waals surface area contributed by atoms with Gasteiger partial charge in [0.15, 0.2) is 0 Å². The SMILES string of the molecule is O=C(O)c1c2c(nn(-c3ccccc3)c1=O)CCCC2. The summed E-state index contributed by atoms with van der Waals surface area (Å²) in [6, 6.07) is 8.92. The molecule has 102 valence electrons. The highest BCUT2D eigenvalue weighted by atomic mass is 16.4. The van der Waals surface area contributed by atoms with E-state index in [1.54, 1.807) is 24.3 Å². The third kappa shape index (κ3) is 2.01. The van der Waals surface area contributed by atoms with Gasteiger partial charge in [-0.1, -0.05) is 18.2 Å². The zero-order valence-electron chi connectivity index (χ0n) is 10.9. The first-order chi connectivity index (χ1) is 9.68. The number of fused-ring (bicyclic) bond motifs is 1. The van der Waals surface area contributed by atoms with E-state index in [0.717, 1.165) is 25.0 Å². The van der Waals surface area contributed by atoms with E-state index in [4.69, 9.17) is 0 Å². The predicted molar refractivity (Wildman–Crippen MR) is 73.4 cm³/mol. The summed E-state index contributed by atoms with van der Waals surface area (Å²) in [5.41, 5.74) is 1.26. The largest absolute Gasteiger partial charge is 0.477 e. The fourth-order valence-electron chi connectivity index (χ4n) is 2.63. The number of hydrogen-bond donors (Lipinski definition) is 1. The van der Waals surface area contributed by atoms with Crippen LogP contribution in [0, 0.1) is 0 Å². The second kappa shape index (κ2) is 4.92. The molecule has 1 aromatic carbocycles. The minimum atomic E-state index is -1.17. The summed E-state index contributed by atoms with van der Waals surface area (Å²) in [5.74, 6) is -1.17. The number of aryl methyl sites for hydroxylation is 1. The average molecular weight is 270 g/mol. The number of hydrogen-bond acceptors (Lipinski definition) is 3. The van der Waals surface area contributed by atoms with Crippen LogP contribution < -0.4 is 5.56 Å². The summed E-state index contributed by atoms with van der Waals surface area (Å²) in [6.45, 7) is 0. The van der Waals surface area contributed by atoms with Crippen LogP contribution in [0.5, 0.6) is 0 Å². The van der Waals surface area contributed by atoms with Crippen molar-refractivity contribution in [2.45, 2.75) is 25.7 Å². The van der Waals surface area contributed by atoms with Crippen LogP contribution in [-0.4, -0.2) is 20.9 Å². The van der Waals surface area contributed by atoms with Crippen molar-refractivity contribution in [2.24, 2.45) is 0 Å². The van der Waals surface area contributed by atoms with Crippen LogP contribution >= 0.6 is 0 Å². The second-order valence-electron chi connectivity index (χ2n) is 4.87. The number of para-hydroxylation sites is 1. The number of carbonyl (C=O) groups is 1. The summed E-state index contributed by atoms with van der Waals surface area (Å²) in [7, 11) is 0. The van der Waals surface area contributed by atoms with Crippen molar-refractivity contribution in [1.82, 2.24) is 9.78 Å².